The number of carbonyl (C=O) groups is 2. The lowest BCUT2D eigenvalue weighted by atomic mass is 10.1. The number of halogens is 1. The molecule has 0 saturated heterocycles. The highest BCUT2D eigenvalue weighted by atomic mass is 32.2. The predicted molar refractivity (Wildman–Crippen MR) is 192 cm³/mol. The number of nitrogens with zero attached hydrogens (tertiary/aromatic N) is 3. The summed E-state index contributed by atoms with van der Waals surface area (Å²) < 4.78 is 60.0. The number of ether oxygens (including phenoxy) is 3. The number of hydrogen-bond donors (Lipinski definition) is 3. The first-order valence-corrected chi connectivity index (χ1v) is 21.4. The molecular formula is C34H43FN6O7SSi. The molecule has 4 rings (SSSR count). The van der Waals surface area contributed by atoms with Crippen LogP contribution in [0.2, 0.25) is 25.7 Å². The molecule has 0 spiro atoms. The molecule has 0 aliphatic heterocycles. The number of nitrogens with one attached hydrogen (secondary N) is 2. The van der Waals surface area contributed by atoms with E-state index in [1.807, 2.05) is 0 Å². The number of nitrogens with two attached hydrogens (primary N) is 1. The van der Waals surface area contributed by atoms with Crippen molar-refractivity contribution in [1.29, 1.82) is 0 Å². The highest BCUT2D eigenvalue weighted by Gasteiger charge is 2.26. The molecule has 268 valence electrons. The third-order valence-electron chi connectivity index (χ3n) is 7.47. The second-order valence-corrected chi connectivity index (χ2v) is 20.2. The zero-order valence-electron chi connectivity index (χ0n) is 28.9. The summed E-state index contributed by atoms with van der Waals surface area (Å²) in [5.74, 6) is -1.31. The third-order valence-corrected chi connectivity index (χ3v) is 10.5. The van der Waals surface area contributed by atoms with Crippen molar-refractivity contribution in [3.05, 3.63) is 83.3 Å². The molecule has 2 heterocycles. The first kappa shape index (κ1) is 38.0. The number of primary amides is 1. The molecule has 4 N–H and O–H groups in total. The van der Waals surface area contributed by atoms with Crippen LogP contribution in [0.3, 0.4) is 0 Å². The fourth-order valence-electron chi connectivity index (χ4n) is 4.65. The standard InChI is InChI=1S/C34H43FN6O7SSi/c1-7-47-34(43)25-12-16-29(37-20-25)38-33-30(32(36)42)31(39-41(33)21-46-17-18-50(4,5)6)24-11-15-27(40-49(44,45)8-2)28(19-24)48-22(3)23-9-13-26(35)14-10-23/h9-16,19-20,22,40H,7-8,17-18,21H2,1-6H3,(H2,36,42)(H,37,38)/t22-/m0/s1. The Kier molecular flexibility index (Phi) is 12.4. The highest BCUT2D eigenvalue weighted by molar-refractivity contribution is 7.92. The van der Waals surface area contributed by atoms with E-state index in [4.69, 9.17) is 25.0 Å². The van der Waals surface area contributed by atoms with Gasteiger partial charge >= 0.3 is 5.97 Å². The molecule has 0 fully saturated rings. The van der Waals surface area contributed by atoms with Crippen LogP contribution < -0.4 is 20.5 Å². The Morgan fingerprint density at radius 1 is 1.06 bits per heavy atom. The smallest absolute Gasteiger partial charge is 0.339 e. The largest absolute Gasteiger partial charge is 0.484 e. The van der Waals surface area contributed by atoms with Gasteiger partial charge in [-0.2, -0.15) is 5.10 Å². The Morgan fingerprint density at radius 2 is 1.78 bits per heavy atom. The van der Waals surface area contributed by atoms with Gasteiger partial charge in [0.05, 0.1) is 23.6 Å². The number of sulfonamides is 1. The SMILES string of the molecule is CCOC(=O)c1ccc(Nc2c(C(N)=O)c(-c3ccc(NS(=O)(=O)CC)c(O[C@@H](C)c4ccc(F)cc4)c3)nn2COCC[Si](C)(C)C)nc1. The molecule has 0 saturated carbocycles. The fraction of sp³-hybridized carbons (Fsp3) is 0.353. The maximum absolute atomic E-state index is 13.6. The Bertz CT molecular complexity index is 1910. The minimum atomic E-state index is -3.71. The van der Waals surface area contributed by atoms with E-state index in [2.05, 4.69) is 34.7 Å². The van der Waals surface area contributed by atoms with Crippen LogP contribution in [0, 0.1) is 5.82 Å². The second kappa shape index (κ2) is 16.3. The second-order valence-electron chi connectivity index (χ2n) is 12.6. The van der Waals surface area contributed by atoms with Crippen molar-refractivity contribution in [2.45, 2.75) is 59.3 Å². The maximum atomic E-state index is 13.6. The summed E-state index contributed by atoms with van der Waals surface area (Å²) >= 11 is 0. The van der Waals surface area contributed by atoms with Crippen molar-refractivity contribution in [3.63, 3.8) is 0 Å². The summed E-state index contributed by atoms with van der Waals surface area (Å²) in [5, 5.41) is 7.81. The van der Waals surface area contributed by atoms with E-state index in [0.29, 0.717) is 17.7 Å². The number of amides is 1. The molecule has 0 unspecified atom stereocenters. The number of anilines is 3. The minimum absolute atomic E-state index is 0.00878. The first-order chi connectivity index (χ1) is 23.6. The van der Waals surface area contributed by atoms with Crippen molar-refractivity contribution in [1.82, 2.24) is 14.8 Å². The molecule has 0 bridgehead atoms. The van der Waals surface area contributed by atoms with Gasteiger partial charge in [-0.25, -0.2) is 27.3 Å². The first-order valence-electron chi connectivity index (χ1n) is 16.1. The number of pyridine rings is 1. The molecule has 1 atom stereocenters. The zero-order chi connectivity index (χ0) is 36.6. The monoisotopic (exact) mass is 726 g/mol. The summed E-state index contributed by atoms with van der Waals surface area (Å²) in [5.41, 5.74) is 7.57. The van der Waals surface area contributed by atoms with Gasteiger partial charge in [-0.3, -0.25) is 9.52 Å². The average molecular weight is 727 g/mol. The Hall–Kier alpha value is -4.80. The average Bonchev–Trinajstić information content (AvgIpc) is 3.42. The van der Waals surface area contributed by atoms with Gasteiger partial charge < -0.3 is 25.3 Å². The van der Waals surface area contributed by atoms with E-state index in [1.165, 1.54) is 42.1 Å². The van der Waals surface area contributed by atoms with Gasteiger partial charge in [-0.1, -0.05) is 37.8 Å². The topological polar surface area (TPSA) is 177 Å². The number of aromatic nitrogens is 3. The van der Waals surface area contributed by atoms with Crippen LogP contribution in [0.1, 0.15) is 53.2 Å². The van der Waals surface area contributed by atoms with Gasteiger partial charge in [0, 0.05) is 26.4 Å². The van der Waals surface area contributed by atoms with E-state index >= 15 is 0 Å². The van der Waals surface area contributed by atoms with Crippen LogP contribution in [0.4, 0.5) is 21.7 Å². The number of hydrogen-bond acceptors (Lipinski definition) is 10. The van der Waals surface area contributed by atoms with Gasteiger partial charge in [-0.05, 0) is 68.8 Å². The van der Waals surface area contributed by atoms with E-state index < -0.39 is 41.9 Å². The Labute approximate surface area is 292 Å². The molecule has 0 aliphatic carbocycles. The summed E-state index contributed by atoms with van der Waals surface area (Å²) in [6, 6.07) is 14.4. The number of rotatable bonds is 17. The molecule has 16 heteroatoms. The van der Waals surface area contributed by atoms with Crippen molar-refractivity contribution < 1.29 is 36.6 Å². The molecular weight excluding hydrogens is 684 g/mol. The molecule has 13 nitrogen and oxygen atoms in total. The number of carbonyl (C=O) groups excluding carboxylic acids is 2. The van der Waals surface area contributed by atoms with Gasteiger partial charge in [0.25, 0.3) is 5.91 Å². The lowest BCUT2D eigenvalue weighted by Crippen LogP contribution is -2.22. The number of esters is 1. The van der Waals surface area contributed by atoms with E-state index in [1.54, 1.807) is 44.2 Å². The minimum Gasteiger partial charge on any atom is -0.484 e. The van der Waals surface area contributed by atoms with Gasteiger partial charge in [0.1, 0.15) is 47.3 Å². The lowest BCUT2D eigenvalue weighted by molar-refractivity contribution is 0.0525. The van der Waals surface area contributed by atoms with Gasteiger partial charge in [-0.15, -0.1) is 0 Å². The van der Waals surface area contributed by atoms with E-state index in [-0.39, 0.29) is 59.0 Å². The summed E-state index contributed by atoms with van der Waals surface area (Å²) in [6.45, 7) is 12.3. The third kappa shape index (κ3) is 10.1. The molecule has 4 aromatic rings. The van der Waals surface area contributed by atoms with Crippen LogP contribution in [0.25, 0.3) is 11.3 Å². The predicted octanol–water partition coefficient (Wildman–Crippen LogP) is 6.32. The van der Waals surface area contributed by atoms with Crippen LogP contribution in [-0.2, 0) is 26.2 Å². The van der Waals surface area contributed by atoms with E-state index in [9.17, 15) is 22.4 Å². The van der Waals surface area contributed by atoms with Crippen LogP contribution in [0.5, 0.6) is 5.75 Å². The zero-order valence-corrected chi connectivity index (χ0v) is 30.8. The van der Waals surface area contributed by atoms with Crippen molar-refractivity contribution in [2.75, 3.05) is 29.0 Å². The van der Waals surface area contributed by atoms with Gasteiger partial charge in [0.2, 0.25) is 10.0 Å². The van der Waals surface area contributed by atoms with Crippen molar-refractivity contribution in [2.24, 2.45) is 5.73 Å². The van der Waals surface area contributed by atoms with Crippen LogP contribution in [-0.4, -0.2) is 62.1 Å². The molecule has 0 radical (unpaired) electrons. The van der Waals surface area contributed by atoms with Crippen molar-refractivity contribution >= 4 is 47.3 Å². The molecule has 1 amide bonds. The van der Waals surface area contributed by atoms with Crippen LogP contribution >= 0.6 is 0 Å². The summed E-state index contributed by atoms with van der Waals surface area (Å²) in [7, 11) is -5.12. The summed E-state index contributed by atoms with van der Waals surface area (Å²) in [4.78, 5) is 29.6. The molecule has 2 aromatic carbocycles. The van der Waals surface area contributed by atoms with Crippen LogP contribution in [0.15, 0.2) is 60.8 Å². The molecule has 50 heavy (non-hydrogen) atoms. The molecule has 2 aromatic heterocycles. The Morgan fingerprint density at radius 3 is 2.38 bits per heavy atom. The lowest BCUT2D eigenvalue weighted by Gasteiger charge is -2.19. The normalized spacial score (nSPS) is 12.3. The summed E-state index contributed by atoms with van der Waals surface area (Å²) in [6.07, 6.45) is 0.725. The van der Waals surface area contributed by atoms with Crippen molar-refractivity contribution in [3.8, 4) is 17.0 Å². The van der Waals surface area contributed by atoms with Gasteiger partial charge in [0.15, 0.2) is 0 Å². The fourth-order valence-corrected chi connectivity index (χ4v) is 6.06. The Balaban J connectivity index is 1.80. The maximum Gasteiger partial charge on any atom is 0.339 e. The van der Waals surface area contributed by atoms with E-state index in [0.717, 1.165) is 6.04 Å². The molecule has 0 aliphatic rings. The number of benzene rings is 2. The highest BCUT2D eigenvalue weighted by Crippen LogP contribution is 2.37. The quantitative estimate of drug-likeness (QED) is 0.0634.